The first-order valence-corrected chi connectivity index (χ1v) is 5.85. The van der Waals surface area contributed by atoms with Crippen molar-refractivity contribution in [3.05, 3.63) is 47.5 Å². The van der Waals surface area contributed by atoms with Crippen LogP contribution in [0.4, 0.5) is 0 Å². The molecule has 0 aliphatic heterocycles. The summed E-state index contributed by atoms with van der Waals surface area (Å²) in [5.74, 6) is 0.0761. The van der Waals surface area contributed by atoms with E-state index in [1.807, 2.05) is 0 Å². The molecule has 0 heterocycles. The molecule has 0 fully saturated rings. The number of carbonyl (C=O) groups excluding carboxylic acids is 1. The van der Waals surface area contributed by atoms with Gasteiger partial charge in [0.05, 0.1) is 25.3 Å². The molecule has 104 valence electrons. The fraction of sp³-hybridized carbons (Fsp3) is 0.133. The van der Waals surface area contributed by atoms with Crippen LogP contribution < -0.4 is 9.47 Å². The fourth-order valence-corrected chi connectivity index (χ4v) is 1.84. The number of ketones is 1. The molecule has 2 aromatic carbocycles. The molecule has 0 radical (unpaired) electrons. The van der Waals surface area contributed by atoms with Crippen LogP contribution in [0.5, 0.6) is 23.0 Å². The number of benzene rings is 2. The summed E-state index contributed by atoms with van der Waals surface area (Å²) < 4.78 is 10.2. The molecule has 2 aromatic rings. The summed E-state index contributed by atoms with van der Waals surface area (Å²) >= 11 is 0. The van der Waals surface area contributed by atoms with E-state index in [1.165, 1.54) is 38.5 Å². The molecule has 5 heteroatoms. The van der Waals surface area contributed by atoms with Crippen LogP contribution in [0.15, 0.2) is 36.4 Å². The molecule has 0 atom stereocenters. The minimum atomic E-state index is -0.464. The molecule has 0 saturated heterocycles. The van der Waals surface area contributed by atoms with Crippen molar-refractivity contribution in [3.63, 3.8) is 0 Å². The van der Waals surface area contributed by atoms with Crippen LogP contribution in [-0.2, 0) is 0 Å². The lowest BCUT2D eigenvalue weighted by Crippen LogP contribution is -2.05. The fourth-order valence-electron chi connectivity index (χ4n) is 1.84. The van der Waals surface area contributed by atoms with E-state index in [1.54, 1.807) is 12.1 Å². The van der Waals surface area contributed by atoms with E-state index in [9.17, 15) is 15.0 Å². The average Bonchev–Trinajstić information content (AvgIpc) is 2.48. The van der Waals surface area contributed by atoms with Gasteiger partial charge in [0.2, 0.25) is 5.78 Å². The number of phenols is 2. The maximum Gasteiger partial charge on any atom is 0.200 e. The highest BCUT2D eigenvalue weighted by Crippen LogP contribution is 2.30. The number of phenolic OH excluding ortho intramolecular Hbond substituents is 2. The number of methoxy groups -OCH3 is 2. The number of hydrogen-bond donors (Lipinski definition) is 2. The second kappa shape index (κ2) is 5.52. The summed E-state index contributed by atoms with van der Waals surface area (Å²) in [6.07, 6.45) is 0. The number of hydrogen-bond acceptors (Lipinski definition) is 5. The van der Waals surface area contributed by atoms with E-state index < -0.39 is 5.78 Å². The van der Waals surface area contributed by atoms with Crippen LogP contribution in [0.3, 0.4) is 0 Å². The van der Waals surface area contributed by atoms with Crippen molar-refractivity contribution in [2.45, 2.75) is 0 Å². The van der Waals surface area contributed by atoms with Crippen LogP contribution in [0.2, 0.25) is 0 Å². The Kier molecular flexibility index (Phi) is 3.79. The molecule has 0 spiro atoms. The zero-order valence-electron chi connectivity index (χ0n) is 11.1. The molecule has 5 nitrogen and oxygen atoms in total. The Morgan fingerprint density at radius 1 is 0.950 bits per heavy atom. The first-order chi connectivity index (χ1) is 9.56. The minimum Gasteiger partial charge on any atom is -0.508 e. The van der Waals surface area contributed by atoms with Gasteiger partial charge in [0.15, 0.2) is 0 Å². The molecule has 0 aliphatic rings. The van der Waals surface area contributed by atoms with Gasteiger partial charge in [0.1, 0.15) is 23.0 Å². The third-order valence-corrected chi connectivity index (χ3v) is 2.88. The van der Waals surface area contributed by atoms with Crippen LogP contribution in [0, 0.1) is 0 Å². The smallest absolute Gasteiger partial charge is 0.200 e. The molecule has 2 rings (SSSR count). The molecular weight excluding hydrogens is 260 g/mol. The molecule has 0 unspecified atom stereocenters. The van der Waals surface area contributed by atoms with Crippen LogP contribution in [0.1, 0.15) is 15.9 Å². The van der Waals surface area contributed by atoms with Gasteiger partial charge < -0.3 is 19.7 Å². The standard InChI is InChI=1S/C15H14O5/c1-19-10-4-6-14(20-2)12(8-10)15(18)11-7-9(16)3-5-13(11)17/h3-8,16-17H,1-2H3. The maximum atomic E-state index is 12.5. The van der Waals surface area contributed by atoms with E-state index >= 15 is 0 Å². The van der Waals surface area contributed by atoms with E-state index in [-0.39, 0.29) is 22.6 Å². The summed E-state index contributed by atoms with van der Waals surface area (Å²) in [4.78, 5) is 12.5. The van der Waals surface area contributed by atoms with Crippen LogP contribution in [-0.4, -0.2) is 30.2 Å². The van der Waals surface area contributed by atoms with Gasteiger partial charge in [-0.25, -0.2) is 0 Å². The van der Waals surface area contributed by atoms with Gasteiger partial charge in [0.25, 0.3) is 0 Å². The summed E-state index contributed by atoms with van der Waals surface area (Å²) in [5, 5.41) is 19.2. The summed E-state index contributed by atoms with van der Waals surface area (Å²) in [6.45, 7) is 0. The Morgan fingerprint density at radius 2 is 1.70 bits per heavy atom. The first kappa shape index (κ1) is 13.7. The molecule has 0 amide bonds. The van der Waals surface area contributed by atoms with Gasteiger partial charge in [0, 0.05) is 0 Å². The molecule has 0 saturated carbocycles. The van der Waals surface area contributed by atoms with Crippen molar-refractivity contribution in [1.82, 2.24) is 0 Å². The van der Waals surface area contributed by atoms with Crippen LogP contribution in [0.25, 0.3) is 0 Å². The Labute approximate surface area is 116 Å². The predicted octanol–water partition coefficient (Wildman–Crippen LogP) is 2.35. The zero-order chi connectivity index (χ0) is 14.7. The van der Waals surface area contributed by atoms with E-state index in [4.69, 9.17) is 9.47 Å². The molecule has 0 aliphatic carbocycles. The average molecular weight is 274 g/mol. The van der Waals surface area contributed by atoms with Crippen molar-refractivity contribution in [1.29, 1.82) is 0 Å². The van der Waals surface area contributed by atoms with Crippen LogP contribution >= 0.6 is 0 Å². The quantitative estimate of drug-likeness (QED) is 0.661. The highest BCUT2D eigenvalue weighted by atomic mass is 16.5. The van der Waals surface area contributed by atoms with E-state index in [0.29, 0.717) is 11.5 Å². The highest BCUT2D eigenvalue weighted by Gasteiger charge is 2.19. The van der Waals surface area contributed by atoms with Crippen molar-refractivity contribution < 1.29 is 24.5 Å². The highest BCUT2D eigenvalue weighted by molar-refractivity contribution is 6.12. The monoisotopic (exact) mass is 274 g/mol. The molecule has 2 N–H and O–H groups in total. The largest absolute Gasteiger partial charge is 0.508 e. The van der Waals surface area contributed by atoms with Crippen molar-refractivity contribution in [2.24, 2.45) is 0 Å². The third kappa shape index (κ3) is 2.51. The van der Waals surface area contributed by atoms with Gasteiger partial charge in [-0.3, -0.25) is 4.79 Å². The van der Waals surface area contributed by atoms with Crippen molar-refractivity contribution >= 4 is 5.78 Å². The lowest BCUT2D eigenvalue weighted by Gasteiger charge is -2.10. The summed E-state index contributed by atoms with van der Waals surface area (Å²) in [6, 6.07) is 8.55. The lowest BCUT2D eigenvalue weighted by molar-refractivity contribution is 0.103. The Balaban J connectivity index is 2.54. The predicted molar refractivity (Wildman–Crippen MR) is 72.8 cm³/mol. The van der Waals surface area contributed by atoms with Gasteiger partial charge in [-0.2, -0.15) is 0 Å². The van der Waals surface area contributed by atoms with Crippen molar-refractivity contribution in [3.8, 4) is 23.0 Å². The second-order valence-electron chi connectivity index (χ2n) is 4.10. The zero-order valence-corrected chi connectivity index (χ0v) is 11.1. The van der Waals surface area contributed by atoms with Gasteiger partial charge in [-0.1, -0.05) is 0 Å². The van der Waals surface area contributed by atoms with Gasteiger partial charge >= 0.3 is 0 Å². The topological polar surface area (TPSA) is 76.0 Å². The van der Waals surface area contributed by atoms with Gasteiger partial charge in [-0.05, 0) is 36.4 Å². The number of aromatic hydroxyl groups is 2. The normalized spacial score (nSPS) is 10.1. The van der Waals surface area contributed by atoms with Crippen molar-refractivity contribution in [2.75, 3.05) is 14.2 Å². The summed E-state index contributed by atoms with van der Waals surface area (Å²) in [5.41, 5.74) is 0.240. The Bertz CT molecular complexity index is 649. The molecular formula is C15H14O5. The Hall–Kier alpha value is -2.69. The maximum absolute atomic E-state index is 12.5. The third-order valence-electron chi connectivity index (χ3n) is 2.88. The second-order valence-corrected chi connectivity index (χ2v) is 4.10. The SMILES string of the molecule is COc1ccc(OC)c(C(=O)c2cc(O)ccc2O)c1. The molecule has 0 aromatic heterocycles. The lowest BCUT2D eigenvalue weighted by atomic mass is 10.0. The number of rotatable bonds is 4. The molecule has 20 heavy (non-hydrogen) atoms. The van der Waals surface area contributed by atoms with E-state index in [2.05, 4.69) is 0 Å². The number of carbonyl (C=O) groups is 1. The van der Waals surface area contributed by atoms with E-state index in [0.717, 1.165) is 0 Å². The Morgan fingerprint density at radius 3 is 2.35 bits per heavy atom. The number of ether oxygens (including phenoxy) is 2. The molecule has 0 bridgehead atoms. The minimum absolute atomic E-state index is 0.00319. The van der Waals surface area contributed by atoms with Gasteiger partial charge in [-0.15, -0.1) is 0 Å². The first-order valence-electron chi connectivity index (χ1n) is 5.85. The summed E-state index contributed by atoms with van der Waals surface area (Å²) in [7, 11) is 2.93.